The number of Topliss-reactive ketones (excluding diaryl/α,β-unsaturated/α-hetero) is 4. The van der Waals surface area contributed by atoms with E-state index in [1.807, 2.05) is 30.3 Å². The van der Waals surface area contributed by atoms with E-state index in [9.17, 15) is 167 Å². The summed E-state index contributed by atoms with van der Waals surface area (Å²) in [6.45, 7) is -5.19. The number of terminal acetylenes is 1. The lowest BCUT2D eigenvalue weighted by Crippen LogP contribution is -2.64. The zero-order valence-corrected chi connectivity index (χ0v) is 68.0. The molecule has 2 aromatic rings. The maximum atomic E-state index is 12.4. The predicted molar refractivity (Wildman–Crippen MR) is 411 cm³/mol. The summed E-state index contributed by atoms with van der Waals surface area (Å²) in [6.07, 6.45) is -52.7. The summed E-state index contributed by atoms with van der Waals surface area (Å²) in [7, 11) is 0. The number of ether oxygens (including phenoxy) is 13. The first-order valence-electron chi connectivity index (χ1n) is 41.1. The highest BCUT2D eigenvalue weighted by molar-refractivity contribution is 5.96. The number of carbonyl (C=O) groups excluding carboxylic acids is 5. The molecule has 126 heavy (non-hydrogen) atoms. The smallest absolute Gasteiger partial charge is 0.306 e. The van der Waals surface area contributed by atoms with Crippen LogP contribution >= 0.6 is 0 Å². The van der Waals surface area contributed by atoms with E-state index >= 15 is 0 Å². The fourth-order valence-corrected chi connectivity index (χ4v) is 15.1. The quantitative estimate of drug-likeness (QED) is 0.0176. The number of hydrogen-bond acceptors (Lipinski definition) is 46. The Balaban J connectivity index is 0.000000209. The van der Waals surface area contributed by atoms with Crippen LogP contribution in [0.2, 0.25) is 0 Å². The lowest BCUT2D eigenvalue weighted by atomic mass is 9.91. The highest BCUT2D eigenvalue weighted by Gasteiger charge is 2.57. The van der Waals surface area contributed by atoms with E-state index in [0.717, 1.165) is 18.4 Å². The van der Waals surface area contributed by atoms with Gasteiger partial charge in [-0.25, -0.2) is 0 Å². The summed E-state index contributed by atoms with van der Waals surface area (Å²) in [6, 6.07) is 17.4. The maximum absolute atomic E-state index is 12.4. The molecule has 46 heteroatoms. The molecule has 9 fully saturated rings. The molecule has 0 unspecified atom stereocenters. The minimum absolute atomic E-state index is 0.00228. The van der Waals surface area contributed by atoms with Crippen molar-refractivity contribution in [2.45, 2.75) is 322 Å². The van der Waals surface area contributed by atoms with Crippen molar-refractivity contribution in [3.8, 4) is 12.3 Å². The standard InChI is InChI=1S/C25H36O13.C20H28O11.C18H28O11.C17H28O11/c26-10-16-20(31)21(32)23(34)25(37-16)38-24-17(11-27)36-15(19(30)22(24)33)9-14(28)7-4-8-18(29)35-12-13-5-2-1-3-6-13;21-7-12-15(25)16(26)18(28)20(30-12)31-19-13(8-22)29-11(14(24)17(19)27)6-10(23)9-4-2-1-3-5-9;1-2-3-4-8(21)5-9-12(22)15(25)17(11(7-20)27-9)29-18-16(26)14(24)13(23)10(6-19)28-18;18-4-9-12(22)13(23)15(25)17(27-9)28-16-10(5-19)26-8(11(21)14(16)24)3-7(20)6-1-2-6/h1-3,5-6,15-17,19-27,30-34H,4,7-12H2;1-5,11-22,24-28H,6-8H2;1,9-20,22-26H,3-7H2;6,8-19,21-25H,1-5H2/t15-,16+,17+,19-,20-,21-,22+,23+,24+,25-;11-,12+,13+,14-,15-,16-,17+,18+,19+,20-;9-,10+,11+,12-,13-,14-,15+,16+,17+,18-;8-,9+,10+,11-,12-,13-,14+,15+,16+,17-/m0000/s1. The Hall–Kier alpha value is -5.45. The van der Waals surface area contributed by atoms with Gasteiger partial charge in [-0.2, -0.15) is 0 Å². The van der Waals surface area contributed by atoms with Crippen molar-refractivity contribution in [3.05, 3.63) is 71.8 Å². The summed E-state index contributed by atoms with van der Waals surface area (Å²) in [5.74, 6) is 0.762. The molecule has 0 aromatic heterocycles. The Kier molecular flexibility index (Phi) is 42.4. The van der Waals surface area contributed by atoms with Crippen LogP contribution < -0.4 is 0 Å². The second kappa shape index (κ2) is 50.4. The third kappa shape index (κ3) is 27.4. The molecule has 8 aliphatic heterocycles. The average Bonchev–Trinajstić information content (AvgIpc) is 0.823. The van der Waals surface area contributed by atoms with Gasteiger partial charge in [-0.1, -0.05) is 60.7 Å². The number of benzene rings is 2. The molecule has 28 N–H and O–H groups in total. The average molecular weight is 1820 g/mol. The number of rotatable bonds is 34. The van der Waals surface area contributed by atoms with Crippen molar-refractivity contribution in [2.75, 3.05) is 52.9 Å². The highest BCUT2D eigenvalue weighted by atomic mass is 16.8. The van der Waals surface area contributed by atoms with Crippen molar-refractivity contribution >= 4 is 29.1 Å². The fourth-order valence-electron chi connectivity index (χ4n) is 15.1. The number of aliphatic hydroxyl groups excluding tert-OH is 28. The molecule has 0 amide bonds. The van der Waals surface area contributed by atoms with Gasteiger partial charge in [0, 0.05) is 62.8 Å². The van der Waals surface area contributed by atoms with E-state index in [4.69, 9.17) is 68.0 Å². The first-order chi connectivity index (χ1) is 60.0. The number of hydrogen-bond donors (Lipinski definition) is 28. The number of ketones is 4. The molecule has 0 radical (unpaired) electrons. The molecule has 0 bridgehead atoms. The van der Waals surface area contributed by atoms with Crippen LogP contribution in [0, 0.1) is 18.3 Å². The first-order valence-corrected chi connectivity index (χ1v) is 41.1. The SMILES string of the molecule is C#CCCC(=O)C[C@@H]1O[C@H](CO)[C@@H](O[C@@H]2O[C@H](CO)[C@H](O)[C@H](O)[C@H]2O)[C@H](O)[C@H]1O.O=C(CCCC(=O)OCc1ccccc1)C[C@@H]1O[C@H](CO)[C@@H](O[C@@H]2O[C@H](CO)[C@H](O)[C@H](O)[C@H]2O)[C@H](O)[C@H]1O.O=C(C[C@@H]1O[C@H](CO)[C@@H](O[C@@H]2O[C@H](CO)[C@H](O)[C@H](O)[C@H]2O)[C@H](O)[C@H]1O)C1CC1.O=C(C[C@@H]1O[C@H](CO)[C@@H](O[C@@H]2O[C@H](CO)[C@H](O)[C@H](O)[C@H]2O)[C@H](O)[C@H]1O)c1ccccc1. The van der Waals surface area contributed by atoms with Gasteiger partial charge in [0.15, 0.2) is 30.9 Å². The second-order valence-electron chi connectivity index (χ2n) is 31.8. The van der Waals surface area contributed by atoms with Crippen LogP contribution in [0.1, 0.15) is 86.6 Å². The van der Waals surface area contributed by atoms with Gasteiger partial charge in [-0.3, -0.25) is 24.0 Å². The maximum Gasteiger partial charge on any atom is 0.306 e. The Bertz CT molecular complexity index is 3610. The summed E-state index contributed by atoms with van der Waals surface area (Å²) in [5.41, 5.74) is 1.24. The molecule has 716 valence electrons. The topological polar surface area (TPSA) is 772 Å². The minimum atomic E-state index is -1.77. The predicted octanol–water partition coefficient (Wildman–Crippen LogP) is -13.5. The highest BCUT2D eigenvalue weighted by Crippen LogP contribution is 2.38. The molecule has 46 nitrogen and oxygen atoms in total. The van der Waals surface area contributed by atoms with Gasteiger partial charge in [0.2, 0.25) is 0 Å². The van der Waals surface area contributed by atoms with Crippen LogP contribution in [0.5, 0.6) is 0 Å². The third-order valence-electron chi connectivity index (χ3n) is 22.8. The normalized spacial score (nSPS) is 41.2. The lowest BCUT2D eigenvalue weighted by Gasteiger charge is -2.46. The first kappa shape index (κ1) is 106. The molecule has 8 heterocycles. The summed E-state index contributed by atoms with van der Waals surface area (Å²) >= 11 is 0. The van der Waals surface area contributed by atoms with Crippen molar-refractivity contribution in [2.24, 2.45) is 5.92 Å². The molecule has 8 saturated heterocycles. The molecular weight excluding hydrogens is 1700 g/mol. The van der Waals surface area contributed by atoms with Gasteiger partial charge >= 0.3 is 5.97 Å². The summed E-state index contributed by atoms with van der Waals surface area (Å²) < 4.78 is 70.2. The largest absolute Gasteiger partial charge is 0.461 e. The van der Waals surface area contributed by atoms with Crippen LogP contribution in [0.25, 0.3) is 0 Å². The summed E-state index contributed by atoms with van der Waals surface area (Å²) in [4.78, 5) is 60.7. The molecule has 40 atom stereocenters. The van der Waals surface area contributed by atoms with Crippen LogP contribution in [0.3, 0.4) is 0 Å². The molecule has 1 saturated carbocycles. The van der Waals surface area contributed by atoms with Crippen molar-refractivity contribution in [1.29, 1.82) is 0 Å². The van der Waals surface area contributed by atoms with Crippen LogP contribution in [0.15, 0.2) is 60.7 Å². The van der Waals surface area contributed by atoms with E-state index < -0.39 is 304 Å². The monoisotopic (exact) mass is 1820 g/mol. The van der Waals surface area contributed by atoms with Gasteiger partial charge in [-0.15, -0.1) is 12.3 Å². The van der Waals surface area contributed by atoms with Crippen LogP contribution in [-0.2, 0) is 87.4 Å². The fraction of sp³-hybridized carbons (Fsp3) is 0.762. The van der Waals surface area contributed by atoms with E-state index in [1.54, 1.807) is 30.3 Å². The molecule has 2 aromatic carbocycles. The lowest BCUT2D eigenvalue weighted by molar-refractivity contribution is -0.341. The molecule has 1 aliphatic carbocycles. The van der Waals surface area contributed by atoms with Crippen LogP contribution in [0.4, 0.5) is 0 Å². The molecule has 9 aliphatic rings. The zero-order chi connectivity index (χ0) is 92.8. The molecule has 11 rings (SSSR count). The van der Waals surface area contributed by atoms with Gasteiger partial charge < -0.3 is 205 Å². The van der Waals surface area contributed by atoms with Crippen LogP contribution in [-0.4, -0.2) is 470 Å². The molecule has 0 spiro atoms. The van der Waals surface area contributed by atoms with Gasteiger partial charge in [-0.05, 0) is 24.8 Å². The number of carbonyl (C=O) groups is 5. The van der Waals surface area contributed by atoms with Gasteiger partial charge in [0.1, 0.15) is 219 Å². The third-order valence-corrected chi connectivity index (χ3v) is 22.8. The number of esters is 1. The Morgan fingerprint density at radius 2 is 0.603 bits per heavy atom. The Labute approximate surface area is 720 Å². The van der Waals surface area contributed by atoms with Gasteiger partial charge in [0.05, 0.1) is 77.3 Å². The Morgan fingerprint density at radius 1 is 0.317 bits per heavy atom. The minimum Gasteiger partial charge on any atom is -0.461 e. The second-order valence-corrected chi connectivity index (χ2v) is 31.8. The van der Waals surface area contributed by atoms with Crippen molar-refractivity contribution in [1.82, 2.24) is 0 Å². The summed E-state index contributed by atoms with van der Waals surface area (Å²) in [5, 5.41) is 279. The Morgan fingerprint density at radius 3 is 0.905 bits per heavy atom. The van der Waals surface area contributed by atoms with Gasteiger partial charge in [0.25, 0.3) is 0 Å². The van der Waals surface area contributed by atoms with E-state index in [2.05, 4.69) is 5.92 Å². The van der Waals surface area contributed by atoms with E-state index in [0.29, 0.717) is 5.56 Å². The van der Waals surface area contributed by atoms with E-state index in [-0.39, 0.29) is 93.4 Å². The van der Waals surface area contributed by atoms with E-state index in [1.165, 1.54) is 0 Å². The van der Waals surface area contributed by atoms with Crippen molar-refractivity contribution < 1.29 is 229 Å². The zero-order valence-electron chi connectivity index (χ0n) is 68.0. The molecular formula is C80H120O46. The van der Waals surface area contributed by atoms with Crippen molar-refractivity contribution in [3.63, 3.8) is 0 Å². The number of aliphatic hydroxyl groups is 28.